The number of hydrogen-bond acceptors (Lipinski definition) is 5. The molecule has 0 unspecified atom stereocenters. The van der Waals surface area contributed by atoms with E-state index in [0.29, 0.717) is 24.1 Å². The number of amides is 1. The molecule has 23 heavy (non-hydrogen) atoms. The van der Waals surface area contributed by atoms with Crippen molar-refractivity contribution in [3.63, 3.8) is 0 Å². The van der Waals surface area contributed by atoms with E-state index in [1.165, 1.54) is 25.1 Å². The number of carbonyl (C=O) groups excluding carboxylic acids is 1. The van der Waals surface area contributed by atoms with Crippen LogP contribution in [0.15, 0.2) is 21.9 Å². The van der Waals surface area contributed by atoms with Crippen LogP contribution in [-0.4, -0.2) is 52.4 Å². The van der Waals surface area contributed by atoms with Crippen LogP contribution >= 0.6 is 0 Å². The van der Waals surface area contributed by atoms with Crippen molar-refractivity contribution in [2.24, 2.45) is 5.92 Å². The Morgan fingerprint density at radius 2 is 2.13 bits per heavy atom. The summed E-state index contributed by atoms with van der Waals surface area (Å²) in [5.41, 5.74) is -0.719. The molecule has 1 atom stereocenters. The van der Waals surface area contributed by atoms with Gasteiger partial charge in [-0.2, -0.15) is 0 Å². The molecule has 1 amide bonds. The Kier molecular flexibility index (Phi) is 3.99. The van der Waals surface area contributed by atoms with Crippen LogP contribution in [0.2, 0.25) is 0 Å². The first kappa shape index (κ1) is 15.4. The van der Waals surface area contributed by atoms with Crippen molar-refractivity contribution in [1.82, 2.24) is 25.2 Å². The minimum absolute atomic E-state index is 0.166. The van der Waals surface area contributed by atoms with Crippen molar-refractivity contribution in [2.75, 3.05) is 20.6 Å². The van der Waals surface area contributed by atoms with Gasteiger partial charge in [0, 0.05) is 18.8 Å². The highest BCUT2D eigenvalue weighted by atomic mass is 16.2. The molecule has 2 aromatic heterocycles. The zero-order chi connectivity index (χ0) is 16.6. The number of H-pyrrole nitrogens is 2. The van der Waals surface area contributed by atoms with E-state index < -0.39 is 11.2 Å². The molecule has 3 N–H and O–H groups in total. The van der Waals surface area contributed by atoms with Crippen molar-refractivity contribution < 1.29 is 4.79 Å². The fourth-order valence-electron chi connectivity index (χ4n) is 2.72. The number of carbonyl (C=O) groups is 1. The molecule has 0 aliphatic heterocycles. The summed E-state index contributed by atoms with van der Waals surface area (Å²) in [6.45, 7) is 0.552. The first-order chi connectivity index (χ1) is 11.0. The molecule has 2 aromatic rings. The topological polar surface area (TPSA) is 111 Å². The maximum atomic E-state index is 12.3. The van der Waals surface area contributed by atoms with Crippen LogP contribution in [0.5, 0.6) is 0 Å². The number of nitrogens with zero attached hydrogens (tertiary/aromatic N) is 2. The average molecular weight is 317 g/mol. The lowest BCUT2D eigenvalue weighted by Gasteiger charge is -2.24. The molecule has 8 nitrogen and oxygen atoms in total. The molecule has 8 heteroatoms. The lowest BCUT2D eigenvalue weighted by molar-refractivity contribution is 0.0938. The standard InChI is InChI=1S/C15H19N5O3/c1-20(2)11(8-3-4-8)7-17-13(21)9-5-10-12(16-6-9)18-15(23)19-14(10)22/h5-6,8,11H,3-4,7H2,1-2H3,(H,17,21)(H2,16,18,19,22,23)/t11-/m1/s1. The van der Waals surface area contributed by atoms with E-state index in [-0.39, 0.29) is 16.9 Å². The zero-order valence-corrected chi connectivity index (χ0v) is 13.0. The number of hydrogen-bond donors (Lipinski definition) is 3. The fourth-order valence-corrected chi connectivity index (χ4v) is 2.72. The van der Waals surface area contributed by atoms with Gasteiger partial charge >= 0.3 is 5.69 Å². The molecule has 1 aliphatic rings. The lowest BCUT2D eigenvalue weighted by Crippen LogP contribution is -2.41. The molecule has 1 aliphatic carbocycles. The van der Waals surface area contributed by atoms with Gasteiger partial charge in [0.1, 0.15) is 5.65 Å². The van der Waals surface area contributed by atoms with Crippen LogP contribution in [0.4, 0.5) is 0 Å². The first-order valence-electron chi connectivity index (χ1n) is 7.52. The van der Waals surface area contributed by atoms with Crippen LogP contribution < -0.4 is 16.6 Å². The van der Waals surface area contributed by atoms with E-state index in [1.807, 2.05) is 14.1 Å². The van der Waals surface area contributed by atoms with Crippen LogP contribution in [-0.2, 0) is 0 Å². The molecular weight excluding hydrogens is 298 g/mol. The molecule has 1 fully saturated rings. The van der Waals surface area contributed by atoms with Crippen LogP contribution in [0.3, 0.4) is 0 Å². The summed E-state index contributed by atoms with van der Waals surface area (Å²) in [5.74, 6) is 0.352. The first-order valence-corrected chi connectivity index (χ1v) is 7.52. The molecule has 0 saturated heterocycles. The van der Waals surface area contributed by atoms with Gasteiger partial charge in [0.2, 0.25) is 0 Å². The lowest BCUT2D eigenvalue weighted by atomic mass is 10.1. The van der Waals surface area contributed by atoms with Crippen LogP contribution in [0, 0.1) is 5.92 Å². The molecular formula is C15H19N5O3. The van der Waals surface area contributed by atoms with Crippen molar-refractivity contribution in [1.29, 1.82) is 0 Å². The number of likely N-dealkylation sites (N-methyl/N-ethyl adjacent to an activating group) is 1. The highest BCUT2D eigenvalue weighted by Crippen LogP contribution is 2.34. The maximum Gasteiger partial charge on any atom is 0.327 e. The molecule has 0 aromatic carbocycles. The van der Waals surface area contributed by atoms with Gasteiger partial charge in [-0.1, -0.05) is 0 Å². The second kappa shape index (κ2) is 5.96. The molecule has 3 rings (SSSR count). The monoisotopic (exact) mass is 317 g/mol. The third kappa shape index (κ3) is 3.31. The summed E-state index contributed by atoms with van der Waals surface area (Å²) in [4.78, 5) is 45.9. The SMILES string of the molecule is CN(C)[C@H](CNC(=O)c1cnc2[nH]c(=O)[nH]c(=O)c2c1)C1CC1. The van der Waals surface area contributed by atoms with E-state index in [1.54, 1.807) is 0 Å². The number of aromatic nitrogens is 3. The third-order valence-corrected chi connectivity index (χ3v) is 4.15. The number of fused-ring (bicyclic) bond motifs is 1. The Labute approximate surface area is 131 Å². The van der Waals surface area contributed by atoms with Gasteiger partial charge in [-0.05, 0) is 38.9 Å². The highest BCUT2D eigenvalue weighted by Gasteiger charge is 2.32. The minimum Gasteiger partial charge on any atom is -0.350 e. The van der Waals surface area contributed by atoms with E-state index in [4.69, 9.17) is 0 Å². The van der Waals surface area contributed by atoms with Gasteiger partial charge in [-0.3, -0.25) is 19.6 Å². The summed E-state index contributed by atoms with van der Waals surface area (Å²) in [7, 11) is 4.01. The van der Waals surface area contributed by atoms with Crippen molar-refractivity contribution in [2.45, 2.75) is 18.9 Å². The number of rotatable bonds is 5. The fraction of sp³-hybridized carbons (Fsp3) is 0.467. The third-order valence-electron chi connectivity index (χ3n) is 4.15. The van der Waals surface area contributed by atoms with E-state index in [0.717, 1.165) is 0 Å². The minimum atomic E-state index is -0.620. The number of nitrogens with one attached hydrogen (secondary N) is 3. The van der Waals surface area contributed by atoms with E-state index in [9.17, 15) is 14.4 Å². The Hall–Kier alpha value is -2.48. The van der Waals surface area contributed by atoms with E-state index in [2.05, 4.69) is 25.2 Å². The smallest absolute Gasteiger partial charge is 0.327 e. The molecule has 0 radical (unpaired) electrons. The molecule has 1 saturated carbocycles. The molecule has 0 bridgehead atoms. The Bertz CT molecular complexity index is 848. The largest absolute Gasteiger partial charge is 0.350 e. The van der Waals surface area contributed by atoms with Crippen molar-refractivity contribution in [3.05, 3.63) is 38.7 Å². The second-order valence-electron chi connectivity index (χ2n) is 6.11. The van der Waals surface area contributed by atoms with Gasteiger partial charge < -0.3 is 10.2 Å². The maximum absolute atomic E-state index is 12.3. The quantitative estimate of drug-likeness (QED) is 0.700. The van der Waals surface area contributed by atoms with Crippen LogP contribution in [0.25, 0.3) is 11.0 Å². The van der Waals surface area contributed by atoms with Gasteiger partial charge in [0.25, 0.3) is 11.5 Å². The highest BCUT2D eigenvalue weighted by molar-refractivity contribution is 5.96. The Balaban J connectivity index is 1.78. The number of aromatic amines is 2. The predicted molar refractivity (Wildman–Crippen MR) is 85.5 cm³/mol. The van der Waals surface area contributed by atoms with Crippen molar-refractivity contribution in [3.8, 4) is 0 Å². The summed E-state index contributed by atoms with van der Waals surface area (Å²) < 4.78 is 0. The summed E-state index contributed by atoms with van der Waals surface area (Å²) in [6, 6.07) is 1.75. The Morgan fingerprint density at radius 3 is 2.78 bits per heavy atom. The second-order valence-corrected chi connectivity index (χ2v) is 6.11. The normalized spacial score (nSPS) is 15.8. The van der Waals surface area contributed by atoms with Gasteiger partial charge in [-0.25, -0.2) is 9.78 Å². The molecule has 0 spiro atoms. The summed E-state index contributed by atoms with van der Waals surface area (Å²) >= 11 is 0. The van der Waals surface area contributed by atoms with Gasteiger partial charge in [-0.15, -0.1) is 0 Å². The zero-order valence-electron chi connectivity index (χ0n) is 13.0. The molecule has 2 heterocycles. The summed E-state index contributed by atoms with van der Waals surface area (Å²) in [5, 5.41) is 3.08. The van der Waals surface area contributed by atoms with E-state index >= 15 is 0 Å². The summed E-state index contributed by atoms with van der Waals surface area (Å²) in [6.07, 6.45) is 3.74. The van der Waals surface area contributed by atoms with Gasteiger partial charge in [0.15, 0.2) is 0 Å². The van der Waals surface area contributed by atoms with Crippen molar-refractivity contribution >= 4 is 16.9 Å². The van der Waals surface area contributed by atoms with Crippen LogP contribution in [0.1, 0.15) is 23.2 Å². The predicted octanol–water partition coefficient (Wildman–Crippen LogP) is -0.319. The average Bonchev–Trinajstić information content (AvgIpc) is 3.31. The number of pyridine rings is 1. The molecule has 122 valence electrons. The van der Waals surface area contributed by atoms with Gasteiger partial charge in [0.05, 0.1) is 10.9 Å². The Morgan fingerprint density at radius 1 is 1.39 bits per heavy atom.